The highest BCUT2D eigenvalue weighted by molar-refractivity contribution is 6.77. The highest BCUT2D eigenvalue weighted by Crippen LogP contribution is 1.94. The monoisotopic (exact) mass is 163 g/mol. The Bertz CT molecular complexity index is 200. The van der Waals surface area contributed by atoms with Crippen molar-refractivity contribution in [1.82, 2.24) is 0 Å². The molecule has 0 unspecified atom stereocenters. The molecular formula is C10H16BO. The van der Waals surface area contributed by atoms with Gasteiger partial charge < -0.3 is 4.79 Å². The van der Waals surface area contributed by atoms with E-state index in [4.69, 9.17) is 0 Å². The molecule has 0 aromatic carbocycles. The van der Waals surface area contributed by atoms with Crippen LogP contribution in [0.15, 0.2) is 17.4 Å². The molecule has 0 aromatic rings. The van der Waals surface area contributed by atoms with Gasteiger partial charge in [-0.05, 0) is 19.4 Å². The molecule has 0 atom stereocenters. The summed E-state index contributed by atoms with van der Waals surface area (Å²) in [4.78, 5) is 11.2. The lowest BCUT2D eigenvalue weighted by Crippen LogP contribution is -2.07. The fraction of sp³-hybridized carbons (Fsp3) is 0.600. The van der Waals surface area contributed by atoms with Gasteiger partial charge in [0.15, 0.2) is 0 Å². The van der Waals surface area contributed by atoms with Gasteiger partial charge in [0.1, 0.15) is 5.68 Å². The number of rotatable bonds is 5. The molecule has 0 saturated heterocycles. The van der Waals surface area contributed by atoms with Gasteiger partial charge in [0, 0.05) is 5.57 Å². The second-order valence-electron chi connectivity index (χ2n) is 2.74. The maximum absolute atomic E-state index is 11.2. The number of carbonyl (C=O) groups excluding carboxylic acids is 1. The first-order valence-electron chi connectivity index (χ1n) is 4.51. The molecule has 1 nitrogen and oxygen atoms in total. The van der Waals surface area contributed by atoms with Crippen molar-refractivity contribution in [2.24, 2.45) is 0 Å². The summed E-state index contributed by atoms with van der Waals surface area (Å²) < 4.78 is 0. The number of allylic oxidation sites excluding steroid dienone is 1. The Morgan fingerprint density at radius 2 is 2.17 bits per heavy atom. The number of unbranched alkanes of at least 4 members (excludes halogenated alkanes) is 1. The highest BCUT2D eigenvalue weighted by Gasteiger charge is 2.01. The van der Waals surface area contributed by atoms with Crippen molar-refractivity contribution in [3.05, 3.63) is 17.4 Å². The Labute approximate surface area is 75.8 Å². The van der Waals surface area contributed by atoms with Crippen LogP contribution >= 0.6 is 0 Å². The van der Waals surface area contributed by atoms with Gasteiger partial charge in [0.05, 0.1) is 0 Å². The van der Waals surface area contributed by atoms with Crippen molar-refractivity contribution in [1.29, 1.82) is 0 Å². The van der Waals surface area contributed by atoms with E-state index in [1.54, 1.807) is 14.2 Å². The minimum absolute atomic E-state index is 0.102. The van der Waals surface area contributed by atoms with E-state index in [-0.39, 0.29) is 5.68 Å². The van der Waals surface area contributed by atoms with Crippen LogP contribution in [0.2, 0.25) is 6.32 Å². The molecule has 0 spiro atoms. The standard InChI is InChI=1S/C10H16BO/c1-4-6-7-8-9(3)10(12)11-5-2/h7H,4-6H2,1-3H3. The third-order valence-electron chi connectivity index (χ3n) is 1.51. The predicted octanol–water partition coefficient (Wildman–Crippen LogP) is 2.56. The van der Waals surface area contributed by atoms with Crippen LogP contribution in [0.25, 0.3) is 0 Å². The van der Waals surface area contributed by atoms with Gasteiger partial charge in [-0.2, -0.15) is 0 Å². The first-order valence-corrected chi connectivity index (χ1v) is 4.51. The summed E-state index contributed by atoms with van der Waals surface area (Å²) in [5.74, 6) is 0. The van der Waals surface area contributed by atoms with E-state index >= 15 is 0 Å². The Morgan fingerprint density at radius 1 is 1.50 bits per heavy atom. The Balaban J connectivity index is 4.07. The minimum atomic E-state index is 0.102. The van der Waals surface area contributed by atoms with Crippen molar-refractivity contribution in [2.75, 3.05) is 0 Å². The summed E-state index contributed by atoms with van der Waals surface area (Å²) in [6.07, 6.45) is 4.82. The molecule has 0 N–H and O–H groups in total. The highest BCUT2D eigenvalue weighted by atomic mass is 16.1. The topological polar surface area (TPSA) is 17.1 Å². The predicted molar refractivity (Wildman–Crippen MR) is 53.4 cm³/mol. The summed E-state index contributed by atoms with van der Waals surface area (Å²) >= 11 is 0. The van der Waals surface area contributed by atoms with E-state index in [0.717, 1.165) is 19.2 Å². The Kier molecular flexibility index (Phi) is 6.50. The molecule has 0 amide bonds. The van der Waals surface area contributed by atoms with Crippen LogP contribution in [0.3, 0.4) is 0 Å². The van der Waals surface area contributed by atoms with Crippen LogP contribution in [-0.4, -0.2) is 13.0 Å². The van der Waals surface area contributed by atoms with E-state index in [1.165, 1.54) is 0 Å². The summed E-state index contributed by atoms with van der Waals surface area (Å²) in [5.41, 5.74) is 3.79. The largest absolute Gasteiger partial charge is 0.306 e. The molecule has 0 aliphatic carbocycles. The molecule has 0 fully saturated rings. The van der Waals surface area contributed by atoms with Crippen molar-refractivity contribution in [2.45, 2.75) is 39.9 Å². The second-order valence-corrected chi connectivity index (χ2v) is 2.74. The number of carbonyl (C=O) groups is 1. The van der Waals surface area contributed by atoms with Gasteiger partial charge in [-0.1, -0.05) is 26.6 Å². The van der Waals surface area contributed by atoms with Gasteiger partial charge in [-0.15, -0.1) is 5.73 Å². The maximum Gasteiger partial charge on any atom is 0.209 e. The molecule has 2 heteroatoms. The zero-order valence-corrected chi connectivity index (χ0v) is 8.18. The second kappa shape index (κ2) is 6.93. The Morgan fingerprint density at radius 3 is 2.67 bits per heavy atom. The van der Waals surface area contributed by atoms with Crippen LogP contribution < -0.4 is 0 Å². The first kappa shape index (κ1) is 11.3. The van der Waals surface area contributed by atoms with Gasteiger partial charge >= 0.3 is 0 Å². The van der Waals surface area contributed by atoms with E-state index in [0.29, 0.717) is 5.57 Å². The van der Waals surface area contributed by atoms with Crippen LogP contribution in [0.4, 0.5) is 0 Å². The summed E-state index contributed by atoms with van der Waals surface area (Å²) in [6, 6.07) is 0. The molecular weight excluding hydrogens is 147 g/mol. The molecule has 1 radical (unpaired) electrons. The summed E-state index contributed by atoms with van der Waals surface area (Å²) in [5, 5.41) is 0. The fourth-order valence-electron chi connectivity index (χ4n) is 0.779. The van der Waals surface area contributed by atoms with Crippen molar-refractivity contribution >= 4 is 13.0 Å². The fourth-order valence-corrected chi connectivity index (χ4v) is 0.779. The summed E-state index contributed by atoms with van der Waals surface area (Å²) in [6.45, 7) is 5.87. The molecule has 0 bridgehead atoms. The smallest absolute Gasteiger partial charge is 0.209 e. The third kappa shape index (κ3) is 4.98. The van der Waals surface area contributed by atoms with Gasteiger partial charge in [0.2, 0.25) is 7.28 Å². The van der Waals surface area contributed by atoms with Crippen LogP contribution in [0.5, 0.6) is 0 Å². The van der Waals surface area contributed by atoms with E-state index in [9.17, 15) is 4.79 Å². The third-order valence-corrected chi connectivity index (χ3v) is 1.51. The Hall–Kier alpha value is -0.745. The van der Waals surface area contributed by atoms with E-state index in [2.05, 4.69) is 12.7 Å². The number of hydrogen-bond acceptors (Lipinski definition) is 1. The van der Waals surface area contributed by atoms with E-state index in [1.807, 2.05) is 13.0 Å². The molecule has 0 aliphatic rings. The first-order chi connectivity index (χ1) is 5.72. The molecule has 0 aromatic heterocycles. The van der Waals surface area contributed by atoms with Gasteiger partial charge in [0.25, 0.3) is 0 Å². The molecule has 12 heavy (non-hydrogen) atoms. The normalized spacial score (nSPS) is 8.58. The zero-order valence-electron chi connectivity index (χ0n) is 8.18. The van der Waals surface area contributed by atoms with E-state index < -0.39 is 0 Å². The molecule has 65 valence electrons. The lowest BCUT2D eigenvalue weighted by molar-refractivity contribution is -0.108. The molecule has 0 rings (SSSR count). The van der Waals surface area contributed by atoms with Gasteiger partial charge in [-0.3, -0.25) is 0 Å². The SMILES string of the molecule is CC[B]C(=O)C(C)=C=CCCC. The van der Waals surface area contributed by atoms with Crippen molar-refractivity contribution in [3.8, 4) is 0 Å². The molecule has 0 aliphatic heterocycles. The van der Waals surface area contributed by atoms with Crippen LogP contribution in [0, 0.1) is 0 Å². The lowest BCUT2D eigenvalue weighted by Gasteiger charge is -1.91. The average Bonchev–Trinajstić information content (AvgIpc) is 2.05. The molecule has 0 heterocycles. The van der Waals surface area contributed by atoms with Crippen molar-refractivity contribution in [3.63, 3.8) is 0 Å². The zero-order chi connectivity index (χ0) is 9.40. The minimum Gasteiger partial charge on any atom is -0.306 e. The average molecular weight is 163 g/mol. The van der Waals surface area contributed by atoms with Crippen molar-refractivity contribution < 1.29 is 4.79 Å². The molecule has 0 saturated carbocycles. The lowest BCUT2D eigenvalue weighted by atomic mass is 9.68. The van der Waals surface area contributed by atoms with Crippen LogP contribution in [0.1, 0.15) is 33.6 Å². The van der Waals surface area contributed by atoms with Gasteiger partial charge in [-0.25, -0.2) is 0 Å². The maximum atomic E-state index is 11.2. The van der Waals surface area contributed by atoms with Crippen LogP contribution in [-0.2, 0) is 4.79 Å². The number of hydrogen-bond donors (Lipinski definition) is 0. The summed E-state index contributed by atoms with van der Waals surface area (Å²) in [7, 11) is 1.68. The quantitative estimate of drug-likeness (QED) is 0.345.